The van der Waals surface area contributed by atoms with E-state index in [1.54, 1.807) is 0 Å². The van der Waals surface area contributed by atoms with Crippen LogP contribution in [-0.2, 0) is 14.3 Å². The fourth-order valence-corrected chi connectivity index (χ4v) is 2.24. The number of hydrogen-bond acceptors (Lipinski definition) is 4. The Morgan fingerprint density at radius 3 is 2.76 bits per heavy atom. The fourth-order valence-electron chi connectivity index (χ4n) is 2.24. The maximum atomic E-state index is 11.8. The minimum atomic E-state index is 0.191. The highest BCUT2D eigenvalue weighted by molar-refractivity contribution is 5.78. The topological polar surface area (TPSA) is 50.8 Å². The van der Waals surface area contributed by atoms with E-state index in [0.29, 0.717) is 25.7 Å². The molecule has 1 unspecified atom stereocenters. The van der Waals surface area contributed by atoms with Crippen LogP contribution < -0.4 is 5.32 Å². The number of hydrogen-bond donors (Lipinski definition) is 1. The van der Waals surface area contributed by atoms with Gasteiger partial charge in [0.2, 0.25) is 5.91 Å². The van der Waals surface area contributed by atoms with Crippen LogP contribution in [-0.4, -0.2) is 63.4 Å². The second kappa shape index (κ2) is 6.93. The lowest BCUT2D eigenvalue weighted by Gasteiger charge is -2.27. The Bertz CT molecular complexity index is 236. The van der Waals surface area contributed by atoms with Gasteiger partial charge in [0.25, 0.3) is 0 Å². The van der Waals surface area contributed by atoms with Crippen molar-refractivity contribution < 1.29 is 14.3 Å². The van der Waals surface area contributed by atoms with Crippen molar-refractivity contribution in [2.24, 2.45) is 5.92 Å². The first-order chi connectivity index (χ1) is 8.36. The highest BCUT2D eigenvalue weighted by atomic mass is 16.5. The zero-order valence-corrected chi connectivity index (χ0v) is 10.3. The molecule has 0 aromatic rings. The molecule has 17 heavy (non-hydrogen) atoms. The molecule has 5 heteroatoms. The molecular formula is C12H22N2O3. The van der Waals surface area contributed by atoms with Gasteiger partial charge in [-0.1, -0.05) is 0 Å². The summed E-state index contributed by atoms with van der Waals surface area (Å²) in [5, 5.41) is 3.22. The Hall–Kier alpha value is -0.650. The van der Waals surface area contributed by atoms with E-state index in [4.69, 9.17) is 9.47 Å². The zero-order valence-electron chi connectivity index (χ0n) is 10.3. The summed E-state index contributed by atoms with van der Waals surface area (Å²) in [6.45, 7) is 5.96. The quantitative estimate of drug-likeness (QED) is 0.682. The van der Waals surface area contributed by atoms with Gasteiger partial charge in [-0.15, -0.1) is 0 Å². The van der Waals surface area contributed by atoms with Crippen LogP contribution in [0.2, 0.25) is 0 Å². The SMILES string of the molecule is O=C(CNCCC1CCOC1)N1CCOCC1. The van der Waals surface area contributed by atoms with Crippen molar-refractivity contribution in [1.29, 1.82) is 0 Å². The van der Waals surface area contributed by atoms with E-state index in [2.05, 4.69) is 5.32 Å². The maximum Gasteiger partial charge on any atom is 0.236 e. The van der Waals surface area contributed by atoms with Crippen molar-refractivity contribution in [3.8, 4) is 0 Å². The van der Waals surface area contributed by atoms with Crippen LogP contribution in [0.4, 0.5) is 0 Å². The Morgan fingerprint density at radius 1 is 1.24 bits per heavy atom. The molecular weight excluding hydrogens is 220 g/mol. The van der Waals surface area contributed by atoms with Gasteiger partial charge in [0.15, 0.2) is 0 Å². The number of ether oxygens (including phenoxy) is 2. The standard InChI is InChI=1S/C12H22N2O3/c15-12(14-4-7-16-8-5-14)9-13-3-1-11-2-6-17-10-11/h11,13H,1-10H2. The van der Waals surface area contributed by atoms with E-state index in [1.807, 2.05) is 4.90 Å². The predicted octanol–water partition coefficient (Wildman–Crippen LogP) is -0.139. The minimum Gasteiger partial charge on any atom is -0.381 e. The fraction of sp³-hybridized carbons (Fsp3) is 0.917. The van der Waals surface area contributed by atoms with E-state index in [-0.39, 0.29) is 5.91 Å². The van der Waals surface area contributed by atoms with E-state index in [9.17, 15) is 4.79 Å². The summed E-state index contributed by atoms with van der Waals surface area (Å²) in [4.78, 5) is 13.6. The first-order valence-electron chi connectivity index (χ1n) is 6.50. The molecule has 5 nitrogen and oxygen atoms in total. The van der Waals surface area contributed by atoms with Crippen LogP contribution in [0.1, 0.15) is 12.8 Å². The van der Waals surface area contributed by atoms with Gasteiger partial charge in [-0.25, -0.2) is 0 Å². The van der Waals surface area contributed by atoms with Crippen LogP contribution in [0.5, 0.6) is 0 Å². The largest absolute Gasteiger partial charge is 0.381 e. The predicted molar refractivity (Wildman–Crippen MR) is 63.8 cm³/mol. The molecule has 0 bridgehead atoms. The number of carbonyl (C=O) groups is 1. The lowest BCUT2D eigenvalue weighted by molar-refractivity contribution is -0.134. The molecule has 2 aliphatic rings. The molecule has 1 N–H and O–H groups in total. The van der Waals surface area contributed by atoms with Crippen LogP contribution in [0.25, 0.3) is 0 Å². The highest BCUT2D eigenvalue weighted by Gasteiger charge is 2.17. The molecule has 0 aliphatic carbocycles. The van der Waals surface area contributed by atoms with Gasteiger partial charge in [0.1, 0.15) is 0 Å². The number of carbonyl (C=O) groups excluding carboxylic acids is 1. The number of morpholine rings is 1. The molecule has 2 heterocycles. The number of rotatable bonds is 5. The van der Waals surface area contributed by atoms with E-state index >= 15 is 0 Å². The van der Waals surface area contributed by atoms with Crippen molar-refractivity contribution in [2.45, 2.75) is 12.8 Å². The number of nitrogens with one attached hydrogen (secondary N) is 1. The Balaban J connectivity index is 1.53. The van der Waals surface area contributed by atoms with Crippen LogP contribution in [0, 0.1) is 5.92 Å². The second-order valence-electron chi connectivity index (χ2n) is 4.69. The van der Waals surface area contributed by atoms with Crippen molar-refractivity contribution in [1.82, 2.24) is 10.2 Å². The van der Waals surface area contributed by atoms with Gasteiger partial charge in [-0.05, 0) is 25.3 Å². The molecule has 0 spiro atoms. The zero-order chi connectivity index (χ0) is 11.9. The molecule has 2 aliphatic heterocycles. The normalized spacial score (nSPS) is 25.2. The van der Waals surface area contributed by atoms with Gasteiger partial charge < -0.3 is 19.7 Å². The molecule has 2 rings (SSSR count). The summed E-state index contributed by atoms with van der Waals surface area (Å²) in [6, 6.07) is 0. The minimum absolute atomic E-state index is 0.191. The third kappa shape index (κ3) is 4.26. The number of nitrogens with zero attached hydrogens (tertiary/aromatic N) is 1. The van der Waals surface area contributed by atoms with Gasteiger partial charge in [0, 0.05) is 26.3 Å². The van der Waals surface area contributed by atoms with Crippen molar-refractivity contribution in [2.75, 3.05) is 52.6 Å². The average molecular weight is 242 g/mol. The molecule has 1 amide bonds. The van der Waals surface area contributed by atoms with Gasteiger partial charge in [-0.2, -0.15) is 0 Å². The molecule has 2 saturated heterocycles. The van der Waals surface area contributed by atoms with E-state index in [1.165, 1.54) is 6.42 Å². The number of amides is 1. The summed E-state index contributed by atoms with van der Waals surface area (Å²) in [5.41, 5.74) is 0. The van der Waals surface area contributed by atoms with Crippen LogP contribution in [0.3, 0.4) is 0 Å². The molecule has 0 aromatic carbocycles. The summed E-state index contributed by atoms with van der Waals surface area (Å²) < 4.78 is 10.5. The van der Waals surface area contributed by atoms with Crippen molar-refractivity contribution in [3.05, 3.63) is 0 Å². The van der Waals surface area contributed by atoms with Crippen LogP contribution in [0.15, 0.2) is 0 Å². The maximum absolute atomic E-state index is 11.8. The van der Waals surface area contributed by atoms with Gasteiger partial charge >= 0.3 is 0 Å². The third-order valence-corrected chi connectivity index (χ3v) is 3.39. The molecule has 0 saturated carbocycles. The summed E-state index contributed by atoms with van der Waals surface area (Å²) in [5.74, 6) is 0.872. The third-order valence-electron chi connectivity index (χ3n) is 3.39. The Labute approximate surface area is 102 Å². The summed E-state index contributed by atoms with van der Waals surface area (Å²) >= 11 is 0. The average Bonchev–Trinajstić information content (AvgIpc) is 2.88. The van der Waals surface area contributed by atoms with E-state index < -0.39 is 0 Å². The summed E-state index contributed by atoms with van der Waals surface area (Å²) in [6.07, 6.45) is 2.27. The van der Waals surface area contributed by atoms with E-state index in [0.717, 1.165) is 39.3 Å². The molecule has 1 atom stereocenters. The van der Waals surface area contributed by atoms with Crippen LogP contribution >= 0.6 is 0 Å². The molecule has 0 aromatic heterocycles. The van der Waals surface area contributed by atoms with Crippen molar-refractivity contribution >= 4 is 5.91 Å². The van der Waals surface area contributed by atoms with Gasteiger partial charge in [-0.3, -0.25) is 4.79 Å². The smallest absolute Gasteiger partial charge is 0.236 e. The van der Waals surface area contributed by atoms with Crippen molar-refractivity contribution in [3.63, 3.8) is 0 Å². The first kappa shape index (κ1) is 12.8. The lowest BCUT2D eigenvalue weighted by Crippen LogP contribution is -2.44. The molecule has 2 fully saturated rings. The first-order valence-corrected chi connectivity index (χ1v) is 6.50. The second-order valence-corrected chi connectivity index (χ2v) is 4.69. The monoisotopic (exact) mass is 242 g/mol. The molecule has 98 valence electrons. The Morgan fingerprint density at radius 2 is 2.06 bits per heavy atom. The Kier molecular flexibility index (Phi) is 5.22. The molecule has 0 radical (unpaired) electrons. The summed E-state index contributed by atoms with van der Waals surface area (Å²) in [7, 11) is 0. The lowest BCUT2D eigenvalue weighted by atomic mass is 10.1. The highest BCUT2D eigenvalue weighted by Crippen LogP contribution is 2.14. The van der Waals surface area contributed by atoms with Gasteiger partial charge in [0.05, 0.1) is 19.8 Å².